The zero-order valence-electron chi connectivity index (χ0n) is 10.1. The quantitative estimate of drug-likeness (QED) is 0.795. The van der Waals surface area contributed by atoms with Crippen molar-refractivity contribution >= 4 is 10.2 Å². The average Bonchev–Trinajstić information content (AvgIpc) is 2.25. The summed E-state index contributed by atoms with van der Waals surface area (Å²) in [7, 11) is -4.14. The Bertz CT molecular complexity index is 372. The van der Waals surface area contributed by atoms with Gasteiger partial charge in [-0.2, -0.15) is 30.6 Å². The number of halogens is 3. The van der Waals surface area contributed by atoms with Crippen LogP contribution in [-0.4, -0.2) is 44.1 Å². The van der Waals surface area contributed by atoms with E-state index in [1.807, 2.05) is 0 Å². The van der Waals surface area contributed by atoms with Crippen LogP contribution < -0.4 is 10.5 Å². The molecule has 1 aliphatic heterocycles. The lowest BCUT2D eigenvalue weighted by Gasteiger charge is -2.38. The van der Waals surface area contributed by atoms with Crippen molar-refractivity contribution in [3.8, 4) is 0 Å². The third-order valence-electron chi connectivity index (χ3n) is 2.96. The van der Waals surface area contributed by atoms with Gasteiger partial charge in [-0.15, -0.1) is 0 Å². The second-order valence-corrected chi connectivity index (χ2v) is 6.10. The molecule has 1 rings (SSSR count). The van der Waals surface area contributed by atoms with E-state index in [-0.39, 0.29) is 12.6 Å². The van der Waals surface area contributed by atoms with Gasteiger partial charge in [0, 0.05) is 18.6 Å². The van der Waals surface area contributed by atoms with Crippen LogP contribution >= 0.6 is 0 Å². The first-order valence-corrected chi connectivity index (χ1v) is 7.16. The maximum atomic E-state index is 12.1. The molecule has 1 heterocycles. The Morgan fingerprint density at radius 2 is 2.00 bits per heavy atom. The van der Waals surface area contributed by atoms with Gasteiger partial charge in [0.2, 0.25) is 0 Å². The van der Waals surface area contributed by atoms with Crippen LogP contribution in [0.25, 0.3) is 0 Å². The SMILES string of the molecule is CC1CCCC(CN)N1S(=O)(=O)NCC(F)(F)F. The number of rotatable bonds is 4. The van der Waals surface area contributed by atoms with Crippen LogP contribution in [-0.2, 0) is 10.2 Å². The lowest BCUT2D eigenvalue weighted by molar-refractivity contribution is -0.121. The van der Waals surface area contributed by atoms with Gasteiger partial charge in [-0.25, -0.2) is 0 Å². The molecule has 5 nitrogen and oxygen atoms in total. The molecule has 18 heavy (non-hydrogen) atoms. The van der Waals surface area contributed by atoms with E-state index in [4.69, 9.17) is 5.73 Å². The van der Waals surface area contributed by atoms with Gasteiger partial charge in [0.25, 0.3) is 10.2 Å². The molecule has 0 radical (unpaired) electrons. The van der Waals surface area contributed by atoms with E-state index in [9.17, 15) is 21.6 Å². The Morgan fingerprint density at radius 3 is 2.50 bits per heavy atom. The van der Waals surface area contributed by atoms with E-state index in [1.165, 1.54) is 0 Å². The highest BCUT2D eigenvalue weighted by molar-refractivity contribution is 7.87. The van der Waals surface area contributed by atoms with Crippen LogP contribution in [0.4, 0.5) is 13.2 Å². The largest absolute Gasteiger partial charge is 0.402 e. The molecule has 2 atom stereocenters. The summed E-state index contributed by atoms with van der Waals surface area (Å²) in [5.74, 6) is 0. The van der Waals surface area contributed by atoms with Crippen molar-refractivity contribution in [2.45, 2.75) is 44.4 Å². The molecular formula is C9H18F3N3O2S. The number of nitrogens with two attached hydrogens (primary N) is 1. The van der Waals surface area contributed by atoms with Gasteiger partial charge in [-0.3, -0.25) is 0 Å². The Labute approximate surface area is 105 Å². The summed E-state index contributed by atoms with van der Waals surface area (Å²) in [5.41, 5.74) is 5.48. The summed E-state index contributed by atoms with van der Waals surface area (Å²) in [6, 6.07) is -0.766. The van der Waals surface area contributed by atoms with Crippen molar-refractivity contribution in [3.63, 3.8) is 0 Å². The van der Waals surface area contributed by atoms with Crippen molar-refractivity contribution in [2.75, 3.05) is 13.1 Å². The molecule has 0 bridgehead atoms. The summed E-state index contributed by atoms with van der Waals surface area (Å²) in [6.07, 6.45) is -2.53. The fourth-order valence-electron chi connectivity index (χ4n) is 2.17. The van der Waals surface area contributed by atoms with Gasteiger partial charge in [0.05, 0.1) is 0 Å². The molecule has 0 aromatic rings. The van der Waals surface area contributed by atoms with E-state index in [1.54, 1.807) is 11.6 Å². The molecule has 0 saturated carbocycles. The monoisotopic (exact) mass is 289 g/mol. The van der Waals surface area contributed by atoms with Crippen LogP contribution in [0, 0.1) is 0 Å². The molecule has 3 N–H and O–H groups in total. The highest BCUT2D eigenvalue weighted by atomic mass is 32.2. The summed E-state index contributed by atoms with van der Waals surface area (Å²) in [4.78, 5) is 0. The van der Waals surface area contributed by atoms with Gasteiger partial charge in [0.15, 0.2) is 0 Å². The van der Waals surface area contributed by atoms with E-state index in [0.717, 1.165) is 10.7 Å². The minimum absolute atomic E-state index is 0.108. The number of nitrogens with zero attached hydrogens (tertiary/aromatic N) is 1. The lowest BCUT2D eigenvalue weighted by Crippen LogP contribution is -2.56. The molecule has 0 aromatic heterocycles. The zero-order chi connectivity index (χ0) is 14.0. The Balaban J connectivity index is 2.80. The smallest absolute Gasteiger partial charge is 0.329 e. The number of piperidine rings is 1. The summed E-state index contributed by atoms with van der Waals surface area (Å²) in [5, 5.41) is 0. The Morgan fingerprint density at radius 1 is 1.39 bits per heavy atom. The average molecular weight is 289 g/mol. The van der Waals surface area contributed by atoms with Crippen molar-refractivity contribution < 1.29 is 21.6 Å². The fourth-order valence-corrected chi connectivity index (χ4v) is 3.82. The predicted molar refractivity (Wildman–Crippen MR) is 61.0 cm³/mol. The number of hydrogen-bond acceptors (Lipinski definition) is 3. The van der Waals surface area contributed by atoms with Gasteiger partial charge in [0.1, 0.15) is 6.54 Å². The highest BCUT2D eigenvalue weighted by Gasteiger charge is 2.38. The maximum absolute atomic E-state index is 12.1. The molecule has 0 aliphatic carbocycles. The molecule has 108 valence electrons. The van der Waals surface area contributed by atoms with Gasteiger partial charge in [-0.1, -0.05) is 6.42 Å². The molecular weight excluding hydrogens is 271 g/mol. The van der Waals surface area contributed by atoms with E-state index in [0.29, 0.717) is 12.8 Å². The normalized spacial score (nSPS) is 27.4. The third kappa shape index (κ3) is 4.08. The lowest BCUT2D eigenvalue weighted by atomic mass is 10.00. The molecule has 0 spiro atoms. The molecule has 0 amide bonds. The fraction of sp³-hybridized carbons (Fsp3) is 1.00. The molecule has 9 heteroatoms. The second-order valence-electron chi connectivity index (χ2n) is 4.44. The first kappa shape index (κ1) is 15.7. The molecule has 2 unspecified atom stereocenters. The van der Waals surface area contributed by atoms with Gasteiger partial charge < -0.3 is 5.73 Å². The van der Waals surface area contributed by atoms with Gasteiger partial charge in [-0.05, 0) is 19.8 Å². The second kappa shape index (κ2) is 5.72. The minimum atomic E-state index is -4.57. The van der Waals surface area contributed by atoms with E-state index < -0.39 is 29.0 Å². The van der Waals surface area contributed by atoms with Crippen LogP contribution in [0.5, 0.6) is 0 Å². The van der Waals surface area contributed by atoms with Crippen molar-refractivity contribution in [1.82, 2.24) is 9.03 Å². The van der Waals surface area contributed by atoms with Gasteiger partial charge >= 0.3 is 6.18 Å². The number of alkyl halides is 3. The first-order valence-electron chi connectivity index (χ1n) is 5.72. The molecule has 1 aliphatic rings. The summed E-state index contributed by atoms with van der Waals surface area (Å²) >= 11 is 0. The van der Waals surface area contributed by atoms with E-state index >= 15 is 0 Å². The topological polar surface area (TPSA) is 75.4 Å². The molecule has 1 saturated heterocycles. The minimum Gasteiger partial charge on any atom is -0.329 e. The molecule has 0 aromatic carbocycles. The van der Waals surface area contributed by atoms with Crippen molar-refractivity contribution in [2.24, 2.45) is 5.73 Å². The summed E-state index contributed by atoms with van der Waals surface area (Å²) < 4.78 is 62.6. The van der Waals surface area contributed by atoms with Crippen LogP contribution in [0.3, 0.4) is 0 Å². The standard InChI is InChI=1S/C9H18F3N3O2S/c1-7-3-2-4-8(5-13)15(7)18(16,17)14-6-9(10,11)12/h7-8,14H,2-6,13H2,1H3. The van der Waals surface area contributed by atoms with Crippen LogP contribution in [0.2, 0.25) is 0 Å². The van der Waals surface area contributed by atoms with E-state index in [2.05, 4.69) is 0 Å². The Hall–Kier alpha value is -0.380. The third-order valence-corrected chi connectivity index (χ3v) is 4.68. The van der Waals surface area contributed by atoms with Crippen molar-refractivity contribution in [1.29, 1.82) is 0 Å². The zero-order valence-corrected chi connectivity index (χ0v) is 10.9. The maximum Gasteiger partial charge on any atom is 0.402 e. The van der Waals surface area contributed by atoms with Crippen LogP contribution in [0.1, 0.15) is 26.2 Å². The number of nitrogens with one attached hydrogen (secondary N) is 1. The van der Waals surface area contributed by atoms with Crippen LogP contribution in [0.15, 0.2) is 0 Å². The Kier molecular flexibility index (Phi) is 4.98. The summed E-state index contributed by atoms with van der Waals surface area (Å²) in [6.45, 7) is 0.224. The predicted octanol–water partition coefficient (Wildman–Crippen LogP) is 0.585. The number of hydrogen-bond donors (Lipinski definition) is 2. The highest BCUT2D eigenvalue weighted by Crippen LogP contribution is 2.25. The molecule has 1 fully saturated rings. The first-order chi connectivity index (χ1) is 8.17. The van der Waals surface area contributed by atoms with Crippen molar-refractivity contribution in [3.05, 3.63) is 0 Å².